The summed E-state index contributed by atoms with van der Waals surface area (Å²) in [5.74, 6) is -2.84. The Morgan fingerprint density at radius 1 is 1.47 bits per heavy atom. The van der Waals surface area contributed by atoms with Crippen LogP contribution in [0.25, 0.3) is 6.08 Å². The number of methoxy groups -OCH3 is 1. The Morgan fingerprint density at radius 3 is 2.73 bits per heavy atom. The zero-order valence-corrected chi connectivity index (χ0v) is 7.96. The molecule has 0 fully saturated rings. The van der Waals surface area contributed by atoms with Crippen molar-refractivity contribution >= 4 is 12.0 Å². The lowest BCUT2D eigenvalue weighted by molar-refractivity contribution is -0.136. The van der Waals surface area contributed by atoms with Crippen LogP contribution in [0.3, 0.4) is 0 Å². The lowest BCUT2D eigenvalue weighted by Gasteiger charge is -2.00. The first-order chi connectivity index (χ1) is 7.06. The molecular formula is C10H9F2NO2. The maximum absolute atomic E-state index is 13.1. The van der Waals surface area contributed by atoms with Crippen molar-refractivity contribution in [3.63, 3.8) is 0 Å². The van der Waals surface area contributed by atoms with Gasteiger partial charge in [0.15, 0.2) is 11.6 Å². The highest BCUT2D eigenvalue weighted by Gasteiger charge is 2.09. The van der Waals surface area contributed by atoms with Gasteiger partial charge in [-0.3, -0.25) is 0 Å². The fraction of sp³-hybridized carbons (Fsp3) is 0.100. The Hall–Kier alpha value is -1.91. The molecule has 3 nitrogen and oxygen atoms in total. The highest BCUT2D eigenvalue weighted by Crippen LogP contribution is 2.13. The molecule has 0 saturated heterocycles. The first-order valence-electron chi connectivity index (χ1n) is 4.05. The Bertz CT molecular complexity index is 416. The molecule has 0 aliphatic carbocycles. The highest BCUT2D eigenvalue weighted by molar-refractivity contribution is 5.92. The number of nitrogens with two attached hydrogens (primary N) is 1. The van der Waals surface area contributed by atoms with Crippen molar-refractivity contribution in [2.45, 2.75) is 0 Å². The van der Waals surface area contributed by atoms with Gasteiger partial charge in [-0.25, -0.2) is 13.6 Å². The van der Waals surface area contributed by atoms with Crippen LogP contribution in [0.5, 0.6) is 0 Å². The average Bonchev–Trinajstić information content (AvgIpc) is 2.23. The summed E-state index contributed by atoms with van der Waals surface area (Å²) in [6.45, 7) is 0. The van der Waals surface area contributed by atoms with Crippen molar-refractivity contribution in [2.24, 2.45) is 5.73 Å². The predicted molar refractivity (Wildman–Crippen MR) is 50.5 cm³/mol. The minimum atomic E-state index is -1.05. The van der Waals surface area contributed by atoms with E-state index in [4.69, 9.17) is 5.73 Å². The topological polar surface area (TPSA) is 52.3 Å². The summed E-state index contributed by atoms with van der Waals surface area (Å²) in [5, 5.41) is 0. The van der Waals surface area contributed by atoms with Gasteiger partial charge in [0.2, 0.25) is 0 Å². The molecular weight excluding hydrogens is 204 g/mol. The van der Waals surface area contributed by atoms with Crippen molar-refractivity contribution in [1.29, 1.82) is 0 Å². The zero-order valence-electron chi connectivity index (χ0n) is 7.96. The van der Waals surface area contributed by atoms with Crippen LogP contribution in [0.4, 0.5) is 8.78 Å². The first kappa shape index (κ1) is 11.2. The van der Waals surface area contributed by atoms with E-state index in [1.54, 1.807) is 0 Å². The number of carbonyl (C=O) groups is 1. The van der Waals surface area contributed by atoms with E-state index in [0.29, 0.717) is 0 Å². The van der Waals surface area contributed by atoms with Crippen LogP contribution in [0.2, 0.25) is 0 Å². The third-order valence-electron chi connectivity index (χ3n) is 1.71. The molecule has 5 heteroatoms. The summed E-state index contributed by atoms with van der Waals surface area (Å²) in [6.07, 6.45) is 1.02. The number of carbonyl (C=O) groups excluding carboxylic acids is 1. The van der Waals surface area contributed by atoms with Crippen LogP contribution in [-0.4, -0.2) is 13.1 Å². The lowest BCUT2D eigenvalue weighted by Crippen LogP contribution is -2.12. The fourth-order valence-corrected chi connectivity index (χ4v) is 0.976. The van der Waals surface area contributed by atoms with Crippen molar-refractivity contribution in [1.82, 2.24) is 0 Å². The number of hydrogen-bond acceptors (Lipinski definition) is 3. The van der Waals surface area contributed by atoms with E-state index in [1.165, 1.54) is 12.1 Å². The van der Waals surface area contributed by atoms with Crippen LogP contribution in [-0.2, 0) is 9.53 Å². The van der Waals surface area contributed by atoms with Crippen molar-refractivity contribution in [2.75, 3.05) is 7.11 Å². The molecule has 2 N–H and O–H groups in total. The molecule has 0 unspecified atom stereocenters. The highest BCUT2D eigenvalue weighted by atomic mass is 19.2. The summed E-state index contributed by atoms with van der Waals surface area (Å²) in [5.41, 5.74) is 4.89. The second kappa shape index (κ2) is 4.54. The Labute approximate surface area is 85.1 Å². The molecule has 1 rings (SSSR count). The van der Waals surface area contributed by atoms with E-state index in [0.717, 1.165) is 19.3 Å². The monoisotopic (exact) mass is 213 g/mol. The van der Waals surface area contributed by atoms with E-state index >= 15 is 0 Å². The summed E-state index contributed by atoms with van der Waals surface area (Å²) >= 11 is 0. The van der Waals surface area contributed by atoms with Crippen LogP contribution in [0.1, 0.15) is 5.56 Å². The quantitative estimate of drug-likeness (QED) is 0.597. The van der Waals surface area contributed by atoms with Crippen molar-refractivity contribution < 1.29 is 18.3 Å². The predicted octanol–water partition coefficient (Wildman–Crippen LogP) is 1.44. The largest absolute Gasteiger partial charge is 0.464 e. The molecule has 0 aliphatic heterocycles. The minimum Gasteiger partial charge on any atom is -0.464 e. The number of hydrogen-bond donors (Lipinski definition) is 1. The van der Waals surface area contributed by atoms with Crippen LogP contribution < -0.4 is 5.73 Å². The van der Waals surface area contributed by atoms with Crippen molar-refractivity contribution in [3.8, 4) is 0 Å². The van der Waals surface area contributed by atoms with Gasteiger partial charge < -0.3 is 10.5 Å². The van der Waals surface area contributed by atoms with E-state index in [2.05, 4.69) is 4.74 Å². The third-order valence-corrected chi connectivity index (χ3v) is 1.71. The SMILES string of the molecule is COC(=O)/C(N)=C/c1cccc(F)c1F. The smallest absolute Gasteiger partial charge is 0.353 e. The summed E-state index contributed by atoms with van der Waals surface area (Å²) < 4.78 is 30.2. The van der Waals surface area contributed by atoms with Gasteiger partial charge in [-0.1, -0.05) is 12.1 Å². The molecule has 0 aromatic heterocycles. The molecule has 80 valence electrons. The minimum absolute atomic E-state index is 0.0992. The number of rotatable bonds is 2. The molecule has 0 saturated carbocycles. The van der Waals surface area contributed by atoms with Gasteiger partial charge in [0, 0.05) is 5.56 Å². The summed E-state index contributed by atoms with van der Waals surface area (Å²) in [7, 11) is 1.14. The number of ether oxygens (including phenoxy) is 1. The zero-order chi connectivity index (χ0) is 11.4. The average molecular weight is 213 g/mol. The van der Waals surface area contributed by atoms with E-state index < -0.39 is 17.6 Å². The molecule has 1 aromatic rings. The fourth-order valence-electron chi connectivity index (χ4n) is 0.976. The first-order valence-corrected chi connectivity index (χ1v) is 4.05. The Balaban J connectivity index is 3.08. The summed E-state index contributed by atoms with van der Waals surface area (Å²) in [4.78, 5) is 10.9. The maximum atomic E-state index is 13.1. The Kier molecular flexibility index (Phi) is 3.38. The van der Waals surface area contributed by atoms with E-state index in [-0.39, 0.29) is 11.3 Å². The molecule has 0 spiro atoms. The summed E-state index contributed by atoms with van der Waals surface area (Å²) in [6, 6.07) is 3.59. The second-order valence-electron chi connectivity index (χ2n) is 2.73. The molecule has 15 heavy (non-hydrogen) atoms. The molecule has 0 atom stereocenters. The molecule has 0 heterocycles. The van der Waals surface area contributed by atoms with Crippen molar-refractivity contribution in [3.05, 3.63) is 41.1 Å². The van der Waals surface area contributed by atoms with Gasteiger partial charge in [-0.2, -0.15) is 0 Å². The van der Waals surface area contributed by atoms with Gasteiger partial charge in [0.05, 0.1) is 7.11 Å². The number of halogens is 2. The lowest BCUT2D eigenvalue weighted by atomic mass is 10.1. The van der Waals surface area contributed by atoms with Gasteiger partial charge in [0.1, 0.15) is 5.70 Å². The van der Waals surface area contributed by atoms with Gasteiger partial charge in [-0.15, -0.1) is 0 Å². The van der Waals surface area contributed by atoms with Crippen LogP contribution >= 0.6 is 0 Å². The number of esters is 1. The van der Waals surface area contributed by atoms with E-state index in [1.807, 2.05) is 0 Å². The third kappa shape index (κ3) is 2.52. The standard InChI is InChI=1S/C10H9F2NO2/c1-15-10(14)8(13)5-6-3-2-4-7(11)9(6)12/h2-5H,13H2,1H3/b8-5-. The van der Waals surface area contributed by atoms with Gasteiger partial charge >= 0.3 is 5.97 Å². The van der Waals surface area contributed by atoms with Gasteiger partial charge in [0.25, 0.3) is 0 Å². The van der Waals surface area contributed by atoms with E-state index in [9.17, 15) is 13.6 Å². The molecule has 0 amide bonds. The number of benzene rings is 1. The van der Waals surface area contributed by atoms with Gasteiger partial charge in [-0.05, 0) is 12.1 Å². The van der Waals surface area contributed by atoms with Crippen LogP contribution in [0, 0.1) is 11.6 Å². The molecule has 0 aliphatic rings. The molecule has 0 bridgehead atoms. The van der Waals surface area contributed by atoms with Crippen LogP contribution in [0.15, 0.2) is 23.9 Å². The second-order valence-corrected chi connectivity index (χ2v) is 2.73. The molecule has 1 aromatic carbocycles. The normalized spacial score (nSPS) is 11.3. The maximum Gasteiger partial charge on any atom is 0.353 e. The Morgan fingerprint density at radius 2 is 2.13 bits per heavy atom. The molecule has 0 radical (unpaired) electrons.